The van der Waals surface area contributed by atoms with Crippen molar-refractivity contribution in [3.05, 3.63) is 23.3 Å². The highest BCUT2D eigenvalue weighted by molar-refractivity contribution is 5.84. The average Bonchev–Trinajstić information content (AvgIpc) is 2.97. The topological polar surface area (TPSA) is 65.0 Å². The van der Waals surface area contributed by atoms with E-state index in [-0.39, 0.29) is 0 Å². The summed E-state index contributed by atoms with van der Waals surface area (Å²) < 4.78 is 16.1. The molecule has 116 valence electrons. The predicted molar refractivity (Wildman–Crippen MR) is 78.0 cm³/mol. The second-order valence-corrected chi connectivity index (χ2v) is 5.35. The first-order chi connectivity index (χ1) is 10.1. The lowest BCUT2D eigenvalue weighted by atomic mass is 9.76. The number of carboxylic acid groups (broad SMARTS) is 1. The minimum atomic E-state index is -0.909. The van der Waals surface area contributed by atoms with E-state index in [1.54, 1.807) is 33.5 Å². The number of rotatable bonds is 6. The number of benzene rings is 1. The summed E-state index contributed by atoms with van der Waals surface area (Å²) in [6.07, 6.45) is 3.03. The molecule has 5 nitrogen and oxygen atoms in total. The van der Waals surface area contributed by atoms with Gasteiger partial charge in [-0.3, -0.25) is 4.79 Å². The molecule has 0 unspecified atom stereocenters. The maximum atomic E-state index is 12.0. The number of hydrogen-bond acceptors (Lipinski definition) is 4. The number of carboxylic acids is 1. The summed E-state index contributed by atoms with van der Waals surface area (Å²) in [5, 5.41) is 9.86. The Morgan fingerprint density at radius 2 is 1.71 bits per heavy atom. The third kappa shape index (κ3) is 2.58. The Morgan fingerprint density at radius 3 is 2.19 bits per heavy atom. The smallest absolute Gasteiger partial charge is 0.314 e. The lowest BCUT2D eigenvalue weighted by Gasteiger charge is -2.29. The molecular weight excluding hydrogens is 272 g/mol. The maximum Gasteiger partial charge on any atom is 0.314 e. The summed E-state index contributed by atoms with van der Waals surface area (Å²) >= 11 is 0. The highest BCUT2D eigenvalue weighted by Gasteiger charge is 2.46. The lowest BCUT2D eigenvalue weighted by Crippen LogP contribution is -2.34. The molecule has 5 heteroatoms. The summed E-state index contributed by atoms with van der Waals surface area (Å²) in [6, 6.07) is 3.57. The molecule has 1 fully saturated rings. The monoisotopic (exact) mass is 294 g/mol. The molecule has 1 aromatic carbocycles. The van der Waals surface area contributed by atoms with Crippen LogP contribution in [0.5, 0.6) is 11.5 Å². The number of methoxy groups -OCH3 is 3. The van der Waals surface area contributed by atoms with Gasteiger partial charge in [-0.25, -0.2) is 0 Å². The van der Waals surface area contributed by atoms with Gasteiger partial charge in [-0.05, 0) is 25.0 Å². The molecule has 0 bridgehead atoms. The quantitative estimate of drug-likeness (QED) is 0.874. The fourth-order valence-corrected chi connectivity index (χ4v) is 3.33. The molecule has 1 aliphatic carbocycles. The molecule has 1 N–H and O–H groups in total. The Labute approximate surface area is 124 Å². The average molecular weight is 294 g/mol. The number of carbonyl (C=O) groups is 1. The molecule has 1 aromatic rings. The number of aliphatic carboxylic acids is 1. The van der Waals surface area contributed by atoms with E-state index in [9.17, 15) is 9.90 Å². The zero-order valence-electron chi connectivity index (χ0n) is 12.8. The summed E-state index contributed by atoms with van der Waals surface area (Å²) in [5.74, 6) is 0.427. The third-order valence-corrected chi connectivity index (χ3v) is 4.31. The molecule has 0 radical (unpaired) electrons. The van der Waals surface area contributed by atoms with Crippen molar-refractivity contribution in [2.24, 2.45) is 0 Å². The fourth-order valence-electron chi connectivity index (χ4n) is 3.33. The minimum Gasteiger partial charge on any atom is -0.496 e. The van der Waals surface area contributed by atoms with Crippen LogP contribution in [-0.2, 0) is 21.6 Å². The van der Waals surface area contributed by atoms with Gasteiger partial charge in [0.15, 0.2) is 0 Å². The Morgan fingerprint density at radius 1 is 1.14 bits per heavy atom. The SMILES string of the molecule is COCc1c(OC)ccc(OC)c1C1(C(=O)O)CCCC1. The van der Waals surface area contributed by atoms with Gasteiger partial charge < -0.3 is 19.3 Å². The first kappa shape index (κ1) is 15.6. The van der Waals surface area contributed by atoms with Crippen molar-refractivity contribution in [2.75, 3.05) is 21.3 Å². The largest absolute Gasteiger partial charge is 0.496 e. The van der Waals surface area contributed by atoms with Crippen LogP contribution in [0.15, 0.2) is 12.1 Å². The number of ether oxygens (including phenoxy) is 3. The van der Waals surface area contributed by atoms with Crippen LogP contribution in [0.2, 0.25) is 0 Å². The van der Waals surface area contributed by atoms with Gasteiger partial charge in [-0.2, -0.15) is 0 Å². The van der Waals surface area contributed by atoms with E-state index in [0.29, 0.717) is 36.5 Å². The Bertz CT molecular complexity index is 518. The van der Waals surface area contributed by atoms with Crippen molar-refractivity contribution in [1.82, 2.24) is 0 Å². The van der Waals surface area contributed by atoms with Crippen LogP contribution in [0.25, 0.3) is 0 Å². The first-order valence-electron chi connectivity index (χ1n) is 7.07. The van der Waals surface area contributed by atoms with E-state index in [0.717, 1.165) is 18.4 Å². The fraction of sp³-hybridized carbons (Fsp3) is 0.562. The summed E-state index contributed by atoms with van der Waals surface area (Å²) in [6.45, 7) is 0.296. The standard InChI is InChI=1S/C16H22O5/c1-19-10-11-12(20-2)6-7-13(21-3)14(11)16(15(17)18)8-4-5-9-16/h6-7H,4-5,8-10H2,1-3H3,(H,17,18). The summed E-state index contributed by atoms with van der Waals surface area (Å²) in [5.41, 5.74) is 0.563. The normalized spacial score (nSPS) is 16.7. The van der Waals surface area contributed by atoms with Gasteiger partial charge in [0.1, 0.15) is 11.5 Å². The molecule has 0 aliphatic heterocycles. The van der Waals surface area contributed by atoms with Crippen molar-refractivity contribution in [2.45, 2.75) is 37.7 Å². The molecule has 0 aromatic heterocycles. The second kappa shape index (κ2) is 6.35. The van der Waals surface area contributed by atoms with E-state index in [1.807, 2.05) is 0 Å². The molecule has 21 heavy (non-hydrogen) atoms. The van der Waals surface area contributed by atoms with Gasteiger partial charge in [0.05, 0.1) is 26.2 Å². The van der Waals surface area contributed by atoms with Gasteiger partial charge in [0.2, 0.25) is 0 Å². The Kier molecular flexibility index (Phi) is 4.73. The van der Waals surface area contributed by atoms with Crippen LogP contribution in [0.3, 0.4) is 0 Å². The van der Waals surface area contributed by atoms with Crippen molar-refractivity contribution in [3.63, 3.8) is 0 Å². The summed E-state index contributed by atoms with van der Waals surface area (Å²) in [4.78, 5) is 12.0. The van der Waals surface area contributed by atoms with Crippen molar-refractivity contribution >= 4 is 5.97 Å². The molecule has 0 atom stereocenters. The van der Waals surface area contributed by atoms with Crippen molar-refractivity contribution in [1.29, 1.82) is 0 Å². The Hall–Kier alpha value is -1.75. The first-order valence-corrected chi connectivity index (χ1v) is 7.07. The van der Waals surface area contributed by atoms with Crippen LogP contribution < -0.4 is 9.47 Å². The highest BCUT2D eigenvalue weighted by atomic mass is 16.5. The molecule has 1 saturated carbocycles. The van der Waals surface area contributed by atoms with Gasteiger partial charge in [-0.15, -0.1) is 0 Å². The highest BCUT2D eigenvalue weighted by Crippen LogP contribution is 2.48. The van der Waals surface area contributed by atoms with Crippen LogP contribution in [0.1, 0.15) is 36.8 Å². The van der Waals surface area contributed by atoms with E-state index in [1.165, 1.54) is 0 Å². The van der Waals surface area contributed by atoms with Crippen LogP contribution >= 0.6 is 0 Å². The van der Waals surface area contributed by atoms with Crippen molar-refractivity contribution in [3.8, 4) is 11.5 Å². The van der Waals surface area contributed by atoms with Gasteiger partial charge in [-0.1, -0.05) is 12.8 Å². The van der Waals surface area contributed by atoms with Crippen molar-refractivity contribution < 1.29 is 24.1 Å². The van der Waals surface area contributed by atoms with E-state index < -0.39 is 11.4 Å². The van der Waals surface area contributed by atoms with Crippen LogP contribution in [0, 0.1) is 0 Å². The molecular formula is C16H22O5. The molecule has 2 rings (SSSR count). The van der Waals surface area contributed by atoms with E-state index in [2.05, 4.69) is 0 Å². The Balaban J connectivity index is 2.71. The number of hydrogen-bond donors (Lipinski definition) is 1. The summed E-state index contributed by atoms with van der Waals surface area (Å²) in [7, 11) is 4.73. The predicted octanol–water partition coefficient (Wildman–Crippen LogP) is 2.75. The lowest BCUT2D eigenvalue weighted by molar-refractivity contribution is -0.143. The molecule has 1 aliphatic rings. The van der Waals surface area contributed by atoms with E-state index >= 15 is 0 Å². The molecule has 0 amide bonds. The van der Waals surface area contributed by atoms with E-state index in [4.69, 9.17) is 14.2 Å². The zero-order valence-corrected chi connectivity index (χ0v) is 12.8. The van der Waals surface area contributed by atoms with Gasteiger partial charge in [0, 0.05) is 18.2 Å². The zero-order chi connectivity index (χ0) is 15.5. The maximum absolute atomic E-state index is 12.0. The second-order valence-electron chi connectivity index (χ2n) is 5.35. The van der Waals surface area contributed by atoms with Gasteiger partial charge >= 0.3 is 5.97 Å². The molecule has 0 heterocycles. The van der Waals surface area contributed by atoms with Crippen LogP contribution in [0.4, 0.5) is 0 Å². The van der Waals surface area contributed by atoms with Crippen LogP contribution in [-0.4, -0.2) is 32.4 Å². The third-order valence-electron chi connectivity index (χ3n) is 4.31. The van der Waals surface area contributed by atoms with Gasteiger partial charge in [0.25, 0.3) is 0 Å². The molecule has 0 saturated heterocycles. The minimum absolute atomic E-state index is 0.296. The molecule has 0 spiro atoms.